The Kier molecular flexibility index (Phi) is 4.75. The Morgan fingerprint density at radius 1 is 1.65 bits per heavy atom. The Morgan fingerprint density at radius 2 is 2.35 bits per heavy atom. The third kappa shape index (κ3) is 3.34. The lowest BCUT2D eigenvalue weighted by Gasteiger charge is -2.26. The van der Waals surface area contributed by atoms with Crippen LogP contribution in [0.2, 0.25) is 0 Å². The third-order valence-electron chi connectivity index (χ3n) is 2.78. The molecule has 0 aliphatic heterocycles. The van der Waals surface area contributed by atoms with Crippen molar-refractivity contribution in [3.8, 4) is 0 Å². The predicted molar refractivity (Wildman–Crippen MR) is 69.4 cm³/mol. The molecule has 0 aliphatic carbocycles. The van der Waals surface area contributed by atoms with Crippen molar-refractivity contribution in [2.75, 3.05) is 18.0 Å². The first kappa shape index (κ1) is 13.3. The van der Waals surface area contributed by atoms with E-state index in [1.807, 2.05) is 26.0 Å². The molecule has 94 valence electrons. The second-order valence-corrected chi connectivity index (χ2v) is 4.11. The number of anilines is 1. The van der Waals surface area contributed by atoms with Gasteiger partial charge in [0, 0.05) is 25.2 Å². The van der Waals surface area contributed by atoms with Crippen LogP contribution in [0.1, 0.15) is 19.4 Å². The summed E-state index contributed by atoms with van der Waals surface area (Å²) in [6, 6.07) is 3.94. The van der Waals surface area contributed by atoms with Gasteiger partial charge < -0.3 is 15.8 Å². The number of oxime groups is 1. The van der Waals surface area contributed by atoms with Gasteiger partial charge in [0.15, 0.2) is 0 Å². The Hall–Kier alpha value is -1.78. The number of aromatic nitrogens is 1. The summed E-state index contributed by atoms with van der Waals surface area (Å²) in [6.07, 6.45) is 1.78. The topological polar surface area (TPSA) is 74.7 Å². The maximum atomic E-state index is 8.64. The number of nitrogens with zero attached hydrogens (tertiary/aromatic N) is 3. The molecule has 0 aromatic carbocycles. The minimum absolute atomic E-state index is 0.0126. The van der Waals surface area contributed by atoms with Gasteiger partial charge in [0.05, 0.1) is 0 Å². The number of aryl methyl sites for hydroxylation is 1. The Bertz CT molecular complexity index is 392. The molecule has 1 unspecified atom stereocenters. The fourth-order valence-corrected chi connectivity index (χ4v) is 1.70. The number of rotatable bonds is 5. The predicted octanol–water partition coefficient (Wildman–Crippen LogP) is 1.60. The average Bonchev–Trinajstić information content (AvgIpc) is 2.35. The van der Waals surface area contributed by atoms with Crippen LogP contribution < -0.4 is 10.6 Å². The van der Waals surface area contributed by atoms with Crippen LogP contribution in [0.3, 0.4) is 0 Å². The second-order valence-electron chi connectivity index (χ2n) is 4.11. The van der Waals surface area contributed by atoms with Gasteiger partial charge >= 0.3 is 0 Å². The van der Waals surface area contributed by atoms with Gasteiger partial charge in [-0.2, -0.15) is 0 Å². The molecule has 0 saturated heterocycles. The lowest BCUT2D eigenvalue weighted by atomic mass is 10.1. The minimum atomic E-state index is -0.0126. The fourth-order valence-electron chi connectivity index (χ4n) is 1.70. The fraction of sp³-hybridized carbons (Fsp3) is 0.500. The summed E-state index contributed by atoms with van der Waals surface area (Å²) >= 11 is 0. The summed E-state index contributed by atoms with van der Waals surface area (Å²) in [7, 11) is 0. The molecule has 0 aliphatic rings. The van der Waals surface area contributed by atoms with Crippen LogP contribution >= 0.6 is 0 Å². The third-order valence-corrected chi connectivity index (χ3v) is 2.78. The molecule has 0 bridgehead atoms. The maximum Gasteiger partial charge on any atom is 0.143 e. The van der Waals surface area contributed by atoms with Crippen molar-refractivity contribution in [2.24, 2.45) is 16.8 Å². The highest BCUT2D eigenvalue weighted by atomic mass is 16.4. The molecule has 5 nitrogen and oxygen atoms in total. The van der Waals surface area contributed by atoms with E-state index in [0.29, 0.717) is 6.54 Å². The second kappa shape index (κ2) is 6.08. The number of amidine groups is 1. The summed E-state index contributed by atoms with van der Waals surface area (Å²) < 4.78 is 0. The molecule has 5 heteroatoms. The molecule has 1 heterocycles. The van der Waals surface area contributed by atoms with Crippen molar-refractivity contribution in [2.45, 2.75) is 20.8 Å². The van der Waals surface area contributed by atoms with Crippen LogP contribution in [0.15, 0.2) is 23.5 Å². The highest BCUT2D eigenvalue weighted by Gasteiger charge is 2.15. The van der Waals surface area contributed by atoms with Crippen LogP contribution in [-0.2, 0) is 0 Å². The molecular formula is C12H20N4O. The van der Waals surface area contributed by atoms with Gasteiger partial charge in [-0.15, -0.1) is 0 Å². The normalized spacial score (nSPS) is 13.5. The summed E-state index contributed by atoms with van der Waals surface area (Å²) in [5.41, 5.74) is 6.71. The standard InChI is InChI=1S/C12H20N4O/c1-4-16(8-10(3)11(13)15-17)12-9(2)6-5-7-14-12/h5-7,10,17H,4,8H2,1-3H3,(H2,13,15). The number of hydrogen-bond donors (Lipinski definition) is 2. The lowest BCUT2D eigenvalue weighted by molar-refractivity contribution is 0.314. The molecule has 0 radical (unpaired) electrons. The average molecular weight is 236 g/mol. The van der Waals surface area contributed by atoms with Crippen LogP contribution in [0.5, 0.6) is 0 Å². The van der Waals surface area contributed by atoms with Crippen molar-refractivity contribution >= 4 is 11.7 Å². The molecule has 1 atom stereocenters. The first-order valence-corrected chi connectivity index (χ1v) is 5.74. The molecule has 17 heavy (non-hydrogen) atoms. The van der Waals surface area contributed by atoms with E-state index in [-0.39, 0.29) is 11.8 Å². The lowest BCUT2D eigenvalue weighted by Crippen LogP contribution is -2.35. The van der Waals surface area contributed by atoms with E-state index < -0.39 is 0 Å². The minimum Gasteiger partial charge on any atom is -0.409 e. The highest BCUT2D eigenvalue weighted by molar-refractivity contribution is 5.82. The largest absolute Gasteiger partial charge is 0.409 e. The summed E-state index contributed by atoms with van der Waals surface area (Å²) in [4.78, 5) is 6.49. The maximum absolute atomic E-state index is 8.64. The van der Waals surface area contributed by atoms with Gasteiger partial charge in [-0.05, 0) is 25.5 Å². The van der Waals surface area contributed by atoms with Crippen molar-refractivity contribution in [3.63, 3.8) is 0 Å². The Morgan fingerprint density at radius 3 is 2.88 bits per heavy atom. The van der Waals surface area contributed by atoms with Crippen LogP contribution in [0.4, 0.5) is 5.82 Å². The Labute approximate surface area is 102 Å². The first-order valence-electron chi connectivity index (χ1n) is 5.74. The molecule has 0 fully saturated rings. The van der Waals surface area contributed by atoms with Gasteiger partial charge in [0.25, 0.3) is 0 Å². The summed E-state index contributed by atoms with van der Waals surface area (Å²) in [5, 5.41) is 11.7. The van der Waals surface area contributed by atoms with E-state index in [2.05, 4.69) is 22.0 Å². The molecule has 1 aromatic heterocycles. The van der Waals surface area contributed by atoms with Crippen molar-refractivity contribution in [1.29, 1.82) is 0 Å². The molecule has 0 spiro atoms. The highest BCUT2D eigenvalue weighted by Crippen LogP contribution is 2.17. The molecule has 1 rings (SSSR count). The van der Waals surface area contributed by atoms with Gasteiger partial charge in [0.2, 0.25) is 0 Å². The SMILES string of the molecule is CCN(CC(C)C(N)=NO)c1ncccc1C. The molecule has 0 saturated carbocycles. The molecule has 0 amide bonds. The van der Waals surface area contributed by atoms with E-state index in [4.69, 9.17) is 10.9 Å². The van der Waals surface area contributed by atoms with Crippen molar-refractivity contribution < 1.29 is 5.21 Å². The van der Waals surface area contributed by atoms with Crippen LogP contribution in [0.25, 0.3) is 0 Å². The molecule has 3 N–H and O–H groups in total. The van der Waals surface area contributed by atoms with E-state index in [1.54, 1.807) is 6.20 Å². The number of hydrogen-bond acceptors (Lipinski definition) is 4. The van der Waals surface area contributed by atoms with Gasteiger partial charge in [-0.25, -0.2) is 4.98 Å². The molecule has 1 aromatic rings. The number of pyridine rings is 1. The van der Waals surface area contributed by atoms with E-state index in [0.717, 1.165) is 17.9 Å². The van der Waals surface area contributed by atoms with Gasteiger partial charge in [-0.3, -0.25) is 0 Å². The molecular weight excluding hydrogens is 216 g/mol. The van der Waals surface area contributed by atoms with Crippen LogP contribution in [-0.4, -0.2) is 29.1 Å². The van der Waals surface area contributed by atoms with Crippen molar-refractivity contribution in [1.82, 2.24) is 4.98 Å². The summed E-state index contributed by atoms with van der Waals surface area (Å²) in [6.45, 7) is 7.54. The van der Waals surface area contributed by atoms with Crippen molar-refractivity contribution in [3.05, 3.63) is 23.9 Å². The summed E-state index contributed by atoms with van der Waals surface area (Å²) in [5.74, 6) is 1.19. The first-order chi connectivity index (χ1) is 8.10. The monoisotopic (exact) mass is 236 g/mol. The zero-order chi connectivity index (χ0) is 12.8. The number of nitrogens with two attached hydrogens (primary N) is 1. The van der Waals surface area contributed by atoms with Gasteiger partial charge in [0.1, 0.15) is 11.7 Å². The van der Waals surface area contributed by atoms with Gasteiger partial charge in [-0.1, -0.05) is 18.1 Å². The zero-order valence-electron chi connectivity index (χ0n) is 10.6. The Balaban J connectivity index is 2.83. The van der Waals surface area contributed by atoms with Crippen LogP contribution in [0, 0.1) is 12.8 Å². The van der Waals surface area contributed by atoms with E-state index in [1.165, 1.54) is 0 Å². The zero-order valence-corrected chi connectivity index (χ0v) is 10.6. The van der Waals surface area contributed by atoms with E-state index >= 15 is 0 Å². The van der Waals surface area contributed by atoms with E-state index in [9.17, 15) is 0 Å². The quantitative estimate of drug-likeness (QED) is 0.352. The smallest absolute Gasteiger partial charge is 0.143 e.